The van der Waals surface area contributed by atoms with Crippen LogP contribution in [-0.4, -0.2) is 48.6 Å². The number of carbonyl (C=O) groups excluding carboxylic acids is 1. The zero-order chi connectivity index (χ0) is 27.3. The number of piperidine rings is 1. The molecule has 4 heterocycles. The number of para-hydroxylation sites is 1. The summed E-state index contributed by atoms with van der Waals surface area (Å²) in [7, 11) is 0. The van der Waals surface area contributed by atoms with Gasteiger partial charge in [-0.05, 0) is 55.0 Å². The van der Waals surface area contributed by atoms with E-state index >= 15 is 0 Å². The van der Waals surface area contributed by atoms with Crippen LogP contribution in [-0.2, 0) is 12.2 Å². The van der Waals surface area contributed by atoms with Crippen molar-refractivity contribution < 1.29 is 4.79 Å². The molecule has 40 heavy (non-hydrogen) atoms. The van der Waals surface area contributed by atoms with Crippen molar-refractivity contribution in [1.29, 1.82) is 0 Å². The van der Waals surface area contributed by atoms with Crippen LogP contribution in [0.25, 0.3) is 17.1 Å². The van der Waals surface area contributed by atoms with Crippen molar-refractivity contribution in [3.8, 4) is 17.1 Å². The molecule has 0 N–H and O–H groups in total. The van der Waals surface area contributed by atoms with Crippen LogP contribution >= 0.6 is 34.7 Å². The lowest BCUT2D eigenvalue weighted by atomic mass is 9.90. The van der Waals surface area contributed by atoms with E-state index in [1.54, 1.807) is 12.4 Å². The monoisotopic (exact) mass is 586 g/mol. The molecular weight excluding hydrogens is 560 g/mol. The molecule has 202 valence electrons. The number of pyridine rings is 1. The number of aromatic nitrogens is 5. The van der Waals surface area contributed by atoms with Gasteiger partial charge in [0.05, 0.1) is 16.5 Å². The SMILES string of the molecule is O=C(c1csc(CSc2nnc(-c3ccncc3)n2-c2ccccc2Cl)n1)N1CCC(Cc2ccccc2)CC1. The van der Waals surface area contributed by atoms with Gasteiger partial charge >= 0.3 is 0 Å². The number of hydrogen-bond donors (Lipinski definition) is 0. The normalized spacial score (nSPS) is 14.0. The number of nitrogens with zero attached hydrogens (tertiary/aromatic N) is 6. The number of hydrogen-bond acceptors (Lipinski definition) is 7. The summed E-state index contributed by atoms with van der Waals surface area (Å²) < 4.78 is 1.96. The third-order valence-electron chi connectivity index (χ3n) is 7.03. The Bertz CT molecular complexity index is 1580. The maximum Gasteiger partial charge on any atom is 0.273 e. The van der Waals surface area contributed by atoms with Gasteiger partial charge < -0.3 is 4.90 Å². The number of carbonyl (C=O) groups is 1. The molecule has 0 aliphatic carbocycles. The third-order valence-corrected chi connectivity index (χ3v) is 9.32. The fourth-order valence-corrected chi connectivity index (χ4v) is 6.90. The molecule has 0 spiro atoms. The van der Waals surface area contributed by atoms with Crippen LogP contribution in [0.1, 0.15) is 33.9 Å². The average molecular weight is 587 g/mol. The van der Waals surface area contributed by atoms with Crippen LogP contribution < -0.4 is 0 Å². The number of thioether (sulfide) groups is 1. The smallest absolute Gasteiger partial charge is 0.273 e. The highest BCUT2D eigenvalue weighted by Crippen LogP contribution is 2.33. The molecule has 0 unspecified atom stereocenters. The van der Waals surface area contributed by atoms with Crippen molar-refractivity contribution in [1.82, 2.24) is 29.6 Å². The first-order chi connectivity index (χ1) is 19.7. The maximum atomic E-state index is 13.2. The number of likely N-dealkylation sites (tertiary alicyclic amines) is 1. The molecule has 1 fully saturated rings. The van der Waals surface area contributed by atoms with Crippen molar-refractivity contribution >= 4 is 40.6 Å². The van der Waals surface area contributed by atoms with Crippen molar-refractivity contribution in [2.75, 3.05) is 13.1 Å². The standard InChI is InChI=1S/C30H27ClN6OS2/c31-24-8-4-5-9-26(24)37-28(23-10-14-32-15-11-23)34-35-30(37)40-20-27-33-25(19-39-27)29(38)36-16-12-22(13-17-36)18-21-6-2-1-3-7-21/h1-11,14-15,19,22H,12-13,16-18,20H2. The van der Waals surface area contributed by atoms with E-state index in [0.717, 1.165) is 48.6 Å². The molecule has 0 saturated carbocycles. The minimum atomic E-state index is 0.0184. The summed E-state index contributed by atoms with van der Waals surface area (Å²) in [5, 5.41) is 13.0. The maximum absolute atomic E-state index is 13.2. The number of benzene rings is 2. The van der Waals surface area contributed by atoms with Crippen LogP contribution in [0, 0.1) is 5.92 Å². The first-order valence-corrected chi connectivity index (χ1v) is 15.4. The van der Waals surface area contributed by atoms with Crippen LogP contribution in [0.3, 0.4) is 0 Å². The highest BCUT2D eigenvalue weighted by molar-refractivity contribution is 7.98. The Kier molecular flexibility index (Phi) is 8.22. The van der Waals surface area contributed by atoms with E-state index in [1.807, 2.05) is 51.2 Å². The summed E-state index contributed by atoms with van der Waals surface area (Å²) in [6, 6.07) is 22.0. The van der Waals surface area contributed by atoms with Gasteiger partial charge in [0.1, 0.15) is 10.7 Å². The number of amides is 1. The molecule has 0 radical (unpaired) electrons. The molecule has 5 aromatic rings. The summed E-state index contributed by atoms with van der Waals surface area (Å²) in [5.41, 5.74) is 3.58. The predicted octanol–water partition coefficient (Wildman–Crippen LogP) is 6.83. The minimum Gasteiger partial charge on any atom is -0.337 e. The van der Waals surface area contributed by atoms with Crippen LogP contribution in [0.15, 0.2) is 89.7 Å². The zero-order valence-corrected chi connectivity index (χ0v) is 24.1. The molecule has 10 heteroatoms. The molecule has 1 aliphatic rings. The zero-order valence-electron chi connectivity index (χ0n) is 21.7. The van der Waals surface area contributed by atoms with Gasteiger partial charge in [-0.15, -0.1) is 21.5 Å². The lowest BCUT2D eigenvalue weighted by molar-refractivity contribution is 0.0685. The van der Waals surface area contributed by atoms with E-state index in [4.69, 9.17) is 11.6 Å². The lowest BCUT2D eigenvalue weighted by Gasteiger charge is -2.31. The Labute approximate surface area is 246 Å². The Hall–Kier alpha value is -3.53. The summed E-state index contributed by atoms with van der Waals surface area (Å²) >= 11 is 9.59. The number of thiazole rings is 1. The largest absolute Gasteiger partial charge is 0.337 e. The quantitative estimate of drug-likeness (QED) is 0.186. The molecule has 1 aliphatic heterocycles. The second-order valence-electron chi connectivity index (χ2n) is 9.67. The Morgan fingerprint density at radius 2 is 1.73 bits per heavy atom. The van der Waals surface area contributed by atoms with Gasteiger partial charge in [0.2, 0.25) is 0 Å². The second-order valence-corrected chi connectivity index (χ2v) is 12.0. The fourth-order valence-electron chi connectivity index (χ4n) is 4.95. The molecule has 0 atom stereocenters. The van der Waals surface area contributed by atoms with E-state index in [0.29, 0.717) is 33.4 Å². The predicted molar refractivity (Wildman–Crippen MR) is 160 cm³/mol. The van der Waals surface area contributed by atoms with Crippen molar-refractivity contribution in [3.63, 3.8) is 0 Å². The summed E-state index contributed by atoms with van der Waals surface area (Å²) in [5.74, 6) is 1.88. The Morgan fingerprint density at radius 1 is 0.975 bits per heavy atom. The molecule has 3 aromatic heterocycles. The van der Waals surface area contributed by atoms with Gasteiger partial charge in [0, 0.05) is 36.4 Å². The third kappa shape index (κ3) is 5.96. The molecule has 0 bridgehead atoms. The summed E-state index contributed by atoms with van der Waals surface area (Å²) in [6.07, 6.45) is 6.57. The first kappa shape index (κ1) is 26.7. The van der Waals surface area contributed by atoms with Gasteiger partial charge in [-0.3, -0.25) is 14.3 Å². The van der Waals surface area contributed by atoms with E-state index in [2.05, 4.69) is 50.5 Å². The summed E-state index contributed by atoms with van der Waals surface area (Å²) in [6.45, 7) is 1.55. The average Bonchev–Trinajstić information content (AvgIpc) is 3.65. The second kappa shape index (κ2) is 12.3. The first-order valence-electron chi connectivity index (χ1n) is 13.2. The topological polar surface area (TPSA) is 76.8 Å². The van der Waals surface area contributed by atoms with Crippen molar-refractivity contribution in [3.05, 3.63) is 106 Å². The molecular formula is C30H27ClN6OS2. The van der Waals surface area contributed by atoms with E-state index in [-0.39, 0.29) is 5.91 Å². The van der Waals surface area contributed by atoms with E-state index in [1.165, 1.54) is 28.7 Å². The molecule has 2 aromatic carbocycles. The van der Waals surface area contributed by atoms with Gasteiger partial charge in [-0.2, -0.15) is 0 Å². The van der Waals surface area contributed by atoms with E-state index in [9.17, 15) is 4.79 Å². The molecule has 1 amide bonds. The lowest BCUT2D eigenvalue weighted by Crippen LogP contribution is -2.39. The van der Waals surface area contributed by atoms with Crippen molar-refractivity contribution in [2.45, 2.75) is 30.2 Å². The molecule has 1 saturated heterocycles. The highest BCUT2D eigenvalue weighted by Gasteiger charge is 2.25. The highest BCUT2D eigenvalue weighted by atomic mass is 35.5. The molecule has 7 nitrogen and oxygen atoms in total. The van der Waals surface area contributed by atoms with Gasteiger partial charge in [0.25, 0.3) is 5.91 Å². The van der Waals surface area contributed by atoms with Crippen LogP contribution in [0.4, 0.5) is 0 Å². The number of halogens is 1. The fraction of sp³-hybridized carbons (Fsp3) is 0.233. The van der Waals surface area contributed by atoms with E-state index < -0.39 is 0 Å². The van der Waals surface area contributed by atoms with Gasteiger partial charge in [-0.25, -0.2) is 4.98 Å². The van der Waals surface area contributed by atoms with Crippen LogP contribution in [0.5, 0.6) is 0 Å². The molecule has 6 rings (SSSR count). The minimum absolute atomic E-state index is 0.0184. The van der Waals surface area contributed by atoms with Gasteiger partial charge in [0.15, 0.2) is 11.0 Å². The van der Waals surface area contributed by atoms with Crippen molar-refractivity contribution in [2.24, 2.45) is 5.92 Å². The van der Waals surface area contributed by atoms with Gasteiger partial charge in [-0.1, -0.05) is 65.8 Å². The number of rotatable bonds is 8. The Balaban J connectivity index is 1.12. The van der Waals surface area contributed by atoms with Crippen LogP contribution in [0.2, 0.25) is 5.02 Å². The Morgan fingerprint density at radius 3 is 2.50 bits per heavy atom. The summed E-state index contributed by atoms with van der Waals surface area (Å²) in [4.78, 5) is 24.0.